The summed E-state index contributed by atoms with van der Waals surface area (Å²) in [5, 5.41) is 3.93. The van der Waals surface area contributed by atoms with Crippen LogP contribution in [0.4, 0.5) is 0 Å². The molecule has 0 heterocycles. The standard InChI is InChI=1S/C20H24N2O3/c1-14(2)18-10-9-17(11-15(18)3)25-13-20(23)22-21-12-16-7-5-6-8-19(16)24-4/h5-12,14H,13H2,1-4H3,(H,22,23)/b21-12+. The van der Waals surface area contributed by atoms with Crippen molar-refractivity contribution in [2.45, 2.75) is 26.7 Å². The third-order valence-electron chi connectivity index (χ3n) is 3.77. The van der Waals surface area contributed by atoms with Crippen LogP contribution in [0.5, 0.6) is 11.5 Å². The predicted octanol–water partition coefficient (Wildman–Crippen LogP) is 3.66. The smallest absolute Gasteiger partial charge is 0.277 e. The van der Waals surface area contributed by atoms with E-state index in [0.29, 0.717) is 17.4 Å². The molecule has 1 amide bonds. The molecule has 5 heteroatoms. The lowest BCUT2D eigenvalue weighted by Crippen LogP contribution is -2.24. The summed E-state index contributed by atoms with van der Waals surface area (Å²) in [5.74, 6) is 1.50. The molecule has 1 N–H and O–H groups in total. The van der Waals surface area contributed by atoms with Gasteiger partial charge < -0.3 is 9.47 Å². The summed E-state index contributed by atoms with van der Waals surface area (Å²) in [4.78, 5) is 11.8. The third kappa shape index (κ3) is 5.35. The number of hydrogen-bond donors (Lipinski definition) is 1. The summed E-state index contributed by atoms with van der Waals surface area (Å²) in [5.41, 5.74) is 5.66. The average Bonchev–Trinajstić information content (AvgIpc) is 2.60. The number of carbonyl (C=O) groups excluding carboxylic acids is 1. The average molecular weight is 340 g/mol. The van der Waals surface area contributed by atoms with E-state index in [1.165, 1.54) is 11.8 Å². The van der Waals surface area contributed by atoms with E-state index < -0.39 is 0 Å². The zero-order chi connectivity index (χ0) is 18.2. The molecule has 5 nitrogen and oxygen atoms in total. The topological polar surface area (TPSA) is 59.9 Å². The molecule has 0 bridgehead atoms. The number of nitrogens with one attached hydrogen (secondary N) is 1. The number of amides is 1. The highest BCUT2D eigenvalue weighted by Crippen LogP contribution is 2.23. The van der Waals surface area contributed by atoms with Crippen molar-refractivity contribution in [3.63, 3.8) is 0 Å². The van der Waals surface area contributed by atoms with Gasteiger partial charge in [-0.15, -0.1) is 0 Å². The number of benzene rings is 2. The minimum absolute atomic E-state index is 0.0935. The first-order valence-corrected chi connectivity index (χ1v) is 8.19. The highest BCUT2D eigenvalue weighted by Gasteiger charge is 2.06. The SMILES string of the molecule is COc1ccccc1/C=N/NC(=O)COc1ccc(C(C)C)c(C)c1. The number of aryl methyl sites for hydroxylation is 1. The summed E-state index contributed by atoms with van der Waals surface area (Å²) in [6.07, 6.45) is 1.54. The molecule has 0 aliphatic rings. The fourth-order valence-electron chi connectivity index (χ4n) is 2.51. The Morgan fingerprint density at radius 1 is 1.24 bits per heavy atom. The minimum atomic E-state index is -0.322. The lowest BCUT2D eigenvalue weighted by atomic mass is 9.98. The number of hydrazone groups is 1. The van der Waals surface area contributed by atoms with Crippen LogP contribution in [-0.2, 0) is 4.79 Å². The van der Waals surface area contributed by atoms with Gasteiger partial charge in [0.2, 0.25) is 0 Å². The van der Waals surface area contributed by atoms with Crippen molar-refractivity contribution >= 4 is 12.1 Å². The zero-order valence-corrected chi connectivity index (χ0v) is 15.1. The zero-order valence-electron chi connectivity index (χ0n) is 15.1. The van der Waals surface area contributed by atoms with Crippen LogP contribution in [0.25, 0.3) is 0 Å². The summed E-state index contributed by atoms with van der Waals surface area (Å²) in [7, 11) is 1.59. The lowest BCUT2D eigenvalue weighted by molar-refractivity contribution is -0.123. The van der Waals surface area contributed by atoms with Gasteiger partial charge in [0.1, 0.15) is 11.5 Å². The molecule has 2 aromatic carbocycles. The van der Waals surface area contributed by atoms with E-state index in [0.717, 1.165) is 11.1 Å². The molecular weight excluding hydrogens is 316 g/mol. The maximum absolute atomic E-state index is 11.8. The monoisotopic (exact) mass is 340 g/mol. The number of nitrogens with zero attached hydrogens (tertiary/aromatic N) is 1. The van der Waals surface area contributed by atoms with Gasteiger partial charge >= 0.3 is 0 Å². The van der Waals surface area contributed by atoms with Crippen LogP contribution < -0.4 is 14.9 Å². The number of rotatable bonds is 7. The van der Waals surface area contributed by atoms with Gasteiger partial charge in [-0.05, 0) is 48.2 Å². The Morgan fingerprint density at radius 3 is 2.68 bits per heavy atom. The van der Waals surface area contributed by atoms with Gasteiger partial charge in [0.05, 0.1) is 13.3 Å². The second kappa shape index (κ2) is 8.87. The van der Waals surface area contributed by atoms with Gasteiger partial charge in [-0.1, -0.05) is 32.0 Å². The molecule has 132 valence electrons. The molecule has 0 fully saturated rings. The first kappa shape index (κ1) is 18.5. The van der Waals surface area contributed by atoms with Crippen LogP contribution in [0, 0.1) is 6.92 Å². The molecule has 0 atom stereocenters. The van der Waals surface area contributed by atoms with E-state index in [1.807, 2.05) is 49.4 Å². The van der Waals surface area contributed by atoms with Crippen molar-refractivity contribution in [2.24, 2.45) is 5.10 Å². The van der Waals surface area contributed by atoms with E-state index in [-0.39, 0.29) is 12.5 Å². The first-order chi connectivity index (χ1) is 12.0. The Bertz CT molecular complexity index is 754. The molecule has 0 radical (unpaired) electrons. The summed E-state index contributed by atoms with van der Waals surface area (Å²) >= 11 is 0. The second-order valence-electron chi connectivity index (χ2n) is 6.00. The Balaban J connectivity index is 1.87. The maximum atomic E-state index is 11.8. The van der Waals surface area contributed by atoms with Crippen LogP contribution in [-0.4, -0.2) is 25.8 Å². The van der Waals surface area contributed by atoms with Crippen molar-refractivity contribution in [2.75, 3.05) is 13.7 Å². The van der Waals surface area contributed by atoms with Crippen molar-refractivity contribution < 1.29 is 14.3 Å². The van der Waals surface area contributed by atoms with Gasteiger partial charge in [0.25, 0.3) is 5.91 Å². The Hall–Kier alpha value is -2.82. The Morgan fingerprint density at radius 2 is 2.00 bits per heavy atom. The number of para-hydroxylation sites is 1. The fraction of sp³-hybridized carbons (Fsp3) is 0.300. The molecule has 2 rings (SSSR count). The van der Waals surface area contributed by atoms with Gasteiger partial charge in [0, 0.05) is 5.56 Å². The van der Waals surface area contributed by atoms with Crippen LogP contribution in [0.1, 0.15) is 36.5 Å². The number of ether oxygens (including phenoxy) is 2. The van der Waals surface area contributed by atoms with E-state index in [2.05, 4.69) is 24.4 Å². The highest BCUT2D eigenvalue weighted by molar-refractivity contribution is 5.85. The third-order valence-corrected chi connectivity index (χ3v) is 3.77. The van der Waals surface area contributed by atoms with Crippen molar-refractivity contribution in [1.82, 2.24) is 5.43 Å². The first-order valence-electron chi connectivity index (χ1n) is 8.19. The van der Waals surface area contributed by atoms with Gasteiger partial charge in [-0.3, -0.25) is 4.79 Å². The van der Waals surface area contributed by atoms with Crippen LogP contribution in [0.15, 0.2) is 47.6 Å². The molecule has 0 saturated carbocycles. The number of methoxy groups -OCH3 is 1. The second-order valence-corrected chi connectivity index (χ2v) is 6.00. The lowest BCUT2D eigenvalue weighted by Gasteiger charge is -2.12. The molecule has 2 aromatic rings. The van der Waals surface area contributed by atoms with E-state index in [4.69, 9.17) is 9.47 Å². The number of hydrogen-bond acceptors (Lipinski definition) is 4. The molecular formula is C20H24N2O3. The highest BCUT2D eigenvalue weighted by atomic mass is 16.5. The summed E-state index contributed by atoms with van der Waals surface area (Å²) in [6.45, 7) is 6.25. The van der Waals surface area contributed by atoms with Crippen molar-refractivity contribution in [3.8, 4) is 11.5 Å². The predicted molar refractivity (Wildman–Crippen MR) is 99.5 cm³/mol. The van der Waals surface area contributed by atoms with Gasteiger partial charge in [-0.2, -0.15) is 5.10 Å². The van der Waals surface area contributed by atoms with Gasteiger partial charge in [0.15, 0.2) is 6.61 Å². The Kier molecular flexibility index (Phi) is 6.57. The Labute approximate surface area is 148 Å². The van der Waals surface area contributed by atoms with Crippen molar-refractivity contribution in [1.29, 1.82) is 0 Å². The van der Waals surface area contributed by atoms with Crippen LogP contribution in [0.2, 0.25) is 0 Å². The molecule has 0 saturated heterocycles. The summed E-state index contributed by atoms with van der Waals surface area (Å²) in [6, 6.07) is 13.3. The van der Waals surface area contributed by atoms with Crippen molar-refractivity contribution in [3.05, 3.63) is 59.2 Å². The van der Waals surface area contributed by atoms with E-state index in [9.17, 15) is 4.79 Å². The fourth-order valence-corrected chi connectivity index (χ4v) is 2.51. The summed E-state index contributed by atoms with van der Waals surface area (Å²) < 4.78 is 10.7. The number of carbonyl (C=O) groups is 1. The molecule has 0 aromatic heterocycles. The molecule has 0 aliphatic heterocycles. The van der Waals surface area contributed by atoms with Crippen LogP contribution in [0.3, 0.4) is 0 Å². The molecule has 0 spiro atoms. The van der Waals surface area contributed by atoms with E-state index >= 15 is 0 Å². The largest absolute Gasteiger partial charge is 0.496 e. The minimum Gasteiger partial charge on any atom is -0.496 e. The normalized spacial score (nSPS) is 10.9. The molecule has 0 unspecified atom stereocenters. The van der Waals surface area contributed by atoms with E-state index in [1.54, 1.807) is 7.11 Å². The quantitative estimate of drug-likeness (QED) is 0.618. The van der Waals surface area contributed by atoms with Gasteiger partial charge in [-0.25, -0.2) is 5.43 Å². The maximum Gasteiger partial charge on any atom is 0.277 e. The molecule has 0 aliphatic carbocycles. The van der Waals surface area contributed by atoms with Crippen LogP contribution >= 0.6 is 0 Å². The molecule has 25 heavy (non-hydrogen) atoms.